The van der Waals surface area contributed by atoms with Crippen LogP contribution in [0.3, 0.4) is 0 Å². The Balaban J connectivity index is 0.000000275. The Labute approximate surface area is 198 Å². The Morgan fingerprint density at radius 2 is 1.97 bits per heavy atom. The van der Waals surface area contributed by atoms with E-state index in [2.05, 4.69) is 60.2 Å². The van der Waals surface area contributed by atoms with E-state index in [-0.39, 0.29) is 6.04 Å². The van der Waals surface area contributed by atoms with Gasteiger partial charge in [0.1, 0.15) is 0 Å². The summed E-state index contributed by atoms with van der Waals surface area (Å²) >= 11 is 0. The molecule has 0 bridgehead atoms. The molecule has 5 heteroatoms. The molecule has 0 spiro atoms. The van der Waals surface area contributed by atoms with Crippen molar-refractivity contribution < 1.29 is 9.53 Å². The lowest BCUT2D eigenvalue weighted by Crippen LogP contribution is -2.44. The van der Waals surface area contributed by atoms with Crippen LogP contribution < -0.4 is 10.6 Å². The van der Waals surface area contributed by atoms with Gasteiger partial charge in [-0.15, -0.1) is 0 Å². The maximum atomic E-state index is 11.7. The molecule has 1 saturated carbocycles. The molecule has 5 nitrogen and oxygen atoms in total. The van der Waals surface area contributed by atoms with Crippen LogP contribution in [0.4, 0.5) is 5.69 Å². The number of hydrogen-bond acceptors (Lipinski definition) is 4. The number of benzene rings is 1. The third kappa shape index (κ3) is 5.41. The maximum absolute atomic E-state index is 11.7. The summed E-state index contributed by atoms with van der Waals surface area (Å²) in [6.45, 7) is 1.51. The number of methoxy groups -OCH3 is 1. The van der Waals surface area contributed by atoms with Gasteiger partial charge in [0.2, 0.25) is 6.41 Å². The monoisotopic (exact) mass is 447 g/mol. The number of ether oxygens (including phenoxy) is 1. The van der Waals surface area contributed by atoms with Crippen LogP contribution in [0.25, 0.3) is 5.57 Å². The fraction of sp³-hybridized carbons (Fsp3) is 0.464. The summed E-state index contributed by atoms with van der Waals surface area (Å²) in [6, 6.07) is 9.25. The molecule has 1 unspecified atom stereocenters. The fourth-order valence-electron chi connectivity index (χ4n) is 5.35. The lowest BCUT2D eigenvalue weighted by Gasteiger charge is -2.40. The predicted octanol–water partition coefficient (Wildman–Crippen LogP) is 5.05. The molecule has 2 heterocycles. The van der Waals surface area contributed by atoms with Gasteiger partial charge in [-0.2, -0.15) is 0 Å². The molecule has 4 aliphatic rings. The molecule has 0 saturated heterocycles. The zero-order chi connectivity index (χ0) is 23.0. The number of allylic oxidation sites excluding steroid dienone is 3. The van der Waals surface area contributed by atoms with E-state index < -0.39 is 0 Å². The van der Waals surface area contributed by atoms with Crippen molar-refractivity contribution in [3.8, 4) is 0 Å². The molecular weight excluding hydrogens is 410 g/mol. The second-order valence-corrected chi connectivity index (χ2v) is 9.13. The third-order valence-corrected chi connectivity index (χ3v) is 7.21. The summed E-state index contributed by atoms with van der Waals surface area (Å²) in [5, 5.41) is 6.82. The number of rotatable bonds is 4. The smallest absolute Gasteiger partial charge is 0.210 e. The Morgan fingerprint density at radius 3 is 2.70 bits per heavy atom. The molecule has 1 fully saturated rings. The van der Waals surface area contributed by atoms with Crippen LogP contribution >= 0.6 is 0 Å². The van der Waals surface area contributed by atoms with E-state index in [1.807, 2.05) is 11.0 Å². The van der Waals surface area contributed by atoms with Gasteiger partial charge < -0.3 is 20.3 Å². The predicted molar refractivity (Wildman–Crippen MR) is 136 cm³/mol. The molecule has 1 atom stereocenters. The molecule has 176 valence electrons. The van der Waals surface area contributed by atoms with E-state index in [4.69, 9.17) is 4.74 Å². The molecular formula is C28H37N3O2. The first-order chi connectivity index (χ1) is 16.2. The van der Waals surface area contributed by atoms with Gasteiger partial charge in [0.05, 0.1) is 18.9 Å². The number of carbonyl (C=O) groups is 1. The van der Waals surface area contributed by atoms with Crippen LogP contribution in [0, 0.1) is 0 Å². The van der Waals surface area contributed by atoms with Gasteiger partial charge in [-0.3, -0.25) is 4.79 Å². The van der Waals surface area contributed by atoms with Gasteiger partial charge >= 0.3 is 0 Å². The summed E-state index contributed by atoms with van der Waals surface area (Å²) in [5.41, 5.74) is 6.26. The molecule has 1 amide bonds. The van der Waals surface area contributed by atoms with Crippen molar-refractivity contribution in [2.45, 2.75) is 57.0 Å². The van der Waals surface area contributed by atoms with Gasteiger partial charge in [0.25, 0.3) is 0 Å². The quantitative estimate of drug-likeness (QED) is 0.634. The second kappa shape index (κ2) is 11.4. The average Bonchev–Trinajstić information content (AvgIpc) is 3.14. The second-order valence-electron chi connectivity index (χ2n) is 9.13. The minimum absolute atomic E-state index is 0.0224. The van der Waals surface area contributed by atoms with Crippen molar-refractivity contribution in [2.24, 2.45) is 0 Å². The average molecular weight is 448 g/mol. The molecule has 2 aliphatic heterocycles. The van der Waals surface area contributed by atoms with Crippen molar-refractivity contribution in [1.29, 1.82) is 0 Å². The zero-order valence-electron chi connectivity index (χ0n) is 20.0. The van der Waals surface area contributed by atoms with E-state index in [9.17, 15) is 4.79 Å². The van der Waals surface area contributed by atoms with Crippen LogP contribution in [0.5, 0.6) is 0 Å². The van der Waals surface area contributed by atoms with E-state index in [0.717, 1.165) is 49.7 Å². The van der Waals surface area contributed by atoms with E-state index >= 15 is 0 Å². The van der Waals surface area contributed by atoms with Crippen molar-refractivity contribution in [3.63, 3.8) is 0 Å². The highest BCUT2D eigenvalue weighted by Crippen LogP contribution is 2.40. The van der Waals surface area contributed by atoms with E-state index in [0.29, 0.717) is 0 Å². The summed E-state index contributed by atoms with van der Waals surface area (Å²) in [4.78, 5) is 13.6. The molecule has 0 aromatic heterocycles. The molecule has 2 N–H and O–H groups in total. The van der Waals surface area contributed by atoms with Crippen molar-refractivity contribution in [1.82, 2.24) is 10.2 Å². The lowest BCUT2D eigenvalue weighted by atomic mass is 9.82. The fourth-order valence-corrected chi connectivity index (χ4v) is 5.35. The first-order valence-corrected chi connectivity index (χ1v) is 12.3. The van der Waals surface area contributed by atoms with E-state index in [1.54, 1.807) is 7.11 Å². The SMILES string of the molecule is CNC1CCCCC1.COC1=CC=C(C2C3=C(CCN2C=O)c2ccccc2NC3)C=CC1. The number of carbonyl (C=O) groups excluding carboxylic acids is 1. The standard InChI is InChI=1S/C21H22N2O2.C7H15N/c1-25-16-6-4-5-15(9-10-16)21-19-13-22-20-8-3-2-7-18(20)17(19)11-12-23(21)14-24;1-8-7-5-3-2-4-6-7/h2-5,7-10,14,21-22H,6,11-13H2,1H3;7-8H,2-6H2,1H3. The van der Waals surface area contributed by atoms with Crippen molar-refractivity contribution >= 4 is 17.7 Å². The number of para-hydroxylation sites is 1. The largest absolute Gasteiger partial charge is 0.501 e. The highest BCUT2D eigenvalue weighted by Gasteiger charge is 2.33. The molecule has 2 aliphatic carbocycles. The summed E-state index contributed by atoms with van der Waals surface area (Å²) in [7, 11) is 3.76. The Kier molecular flexibility index (Phi) is 8.05. The Bertz CT molecular complexity index is 954. The lowest BCUT2D eigenvalue weighted by molar-refractivity contribution is -0.119. The highest BCUT2D eigenvalue weighted by atomic mass is 16.5. The third-order valence-electron chi connectivity index (χ3n) is 7.21. The molecule has 1 aromatic carbocycles. The molecule has 5 rings (SSSR count). The number of fused-ring (bicyclic) bond motifs is 2. The van der Waals surface area contributed by atoms with Crippen LogP contribution in [-0.4, -0.2) is 50.6 Å². The highest BCUT2D eigenvalue weighted by molar-refractivity contribution is 5.84. The van der Waals surface area contributed by atoms with Crippen LogP contribution in [-0.2, 0) is 9.53 Å². The number of nitrogens with zero attached hydrogens (tertiary/aromatic N) is 1. The minimum Gasteiger partial charge on any atom is -0.501 e. The first kappa shape index (κ1) is 23.4. The van der Waals surface area contributed by atoms with Gasteiger partial charge in [-0.1, -0.05) is 55.7 Å². The maximum Gasteiger partial charge on any atom is 0.210 e. The Hall–Kier alpha value is -2.79. The first-order valence-electron chi connectivity index (χ1n) is 12.3. The Morgan fingerprint density at radius 1 is 1.15 bits per heavy atom. The van der Waals surface area contributed by atoms with Gasteiger partial charge in [-0.05, 0) is 55.2 Å². The molecule has 1 aromatic rings. The van der Waals surface area contributed by atoms with E-state index in [1.165, 1.54) is 54.5 Å². The minimum atomic E-state index is -0.0224. The van der Waals surface area contributed by atoms with Gasteiger partial charge in [0.15, 0.2) is 0 Å². The number of nitrogens with one attached hydrogen (secondary N) is 2. The van der Waals surface area contributed by atoms with Gasteiger partial charge in [0, 0.05) is 36.8 Å². The van der Waals surface area contributed by atoms with Crippen LogP contribution in [0.2, 0.25) is 0 Å². The number of anilines is 1. The van der Waals surface area contributed by atoms with Crippen molar-refractivity contribution in [3.05, 3.63) is 71.0 Å². The van der Waals surface area contributed by atoms with Crippen LogP contribution in [0.1, 0.15) is 50.5 Å². The summed E-state index contributed by atoms with van der Waals surface area (Å²) in [5.74, 6) is 0.932. The van der Waals surface area contributed by atoms with Crippen LogP contribution in [0.15, 0.2) is 65.5 Å². The number of amides is 1. The molecule has 33 heavy (non-hydrogen) atoms. The summed E-state index contributed by atoms with van der Waals surface area (Å²) in [6.07, 6.45) is 18.1. The summed E-state index contributed by atoms with van der Waals surface area (Å²) < 4.78 is 5.37. The van der Waals surface area contributed by atoms with Crippen molar-refractivity contribution in [2.75, 3.05) is 32.6 Å². The zero-order valence-corrected chi connectivity index (χ0v) is 20.0. The number of hydrogen-bond donors (Lipinski definition) is 2. The normalized spacial score (nSPS) is 22.5. The topological polar surface area (TPSA) is 53.6 Å². The molecule has 0 radical (unpaired) electrons. The van der Waals surface area contributed by atoms with Gasteiger partial charge in [-0.25, -0.2) is 0 Å².